The van der Waals surface area contributed by atoms with Crippen LogP contribution < -0.4 is 14.4 Å². The average molecular weight is 618 g/mol. The lowest BCUT2D eigenvalue weighted by Crippen LogP contribution is -2.45. The van der Waals surface area contributed by atoms with E-state index in [-0.39, 0.29) is 17.9 Å². The van der Waals surface area contributed by atoms with E-state index in [1.165, 1.54) is 11.1 Å². The zero-order valence-electron chi connectivity index (χ0n) is 25.8. The molecule has 4 atom stereocenters. The van der Waals surface area contributed by atoms with E-state index in [9.17, 15) is 9.00 Å². The third kappa shape index (κ3) is 8.82. The molecule has 0 aromatic heterocycles. The van der Waals surface area contributed by atoms with Gasteiger partial charge in [0, 0.05) is 37.7 Å². The Morgan fingerprint density at radius 2 is 1.90 bits per heavy atom. The zero-order valence-corrected chi connectivity index (χ0v) is 27.3. The lowest BCUT2D eigenvalue weighted by molar-refractivity contribution is -0.123. The lowest BCUT2D eigenvalue weighted by Gasteiger charge is -2.29. The van der Waals surface area contributed by atoms with E-state index in [1.807, 2.05) is 38.1 Å². The topological polar surface area (TPSA) is 82.1 Å². The molecule has 9 heteroatoms. The van der Waals surface area contributed by atoms with Crippen LogP contribution in [-0.4, -0.2) is 66.1 Å². The molecule has 3 unspecified atom stereocenters. The predicted molar refractivity (Wildman–Crippen MR) is 174 cm³/mol. The van der Waals surface area contributed by atoms with Crippen molar-refractivity contribution in [1.82, 2.24) is 9.62 Å². The van der Waals surface area contributed by atoms with Crippen LogP contribution in [-0.2, 0) is 22.2 Å². The second kappa shape index (κ2) is 17.0. The number of benzene rings is 2. The smallest absolute Gasteiger partial charge is 0.248 e. The zero-order chi connectivity index (χ0) is 30.6. The van der Waals surface area contributed by atoms with Crippen molar-refractivity contribution < 1.29 is 18.8 Å². The molecular weight excluding hydrogens is 570 g/mol. The van der Waals surface area contributed by atoms with Gasteiger partial charge in [0.05, 0.1) is 23.2 Å². The standard InChI is InChI=1S/C32H44ClN3O3S.CH4O/c1-5-10-25-19-27(33)12-14-29(25)26-21-36-18-16-24(6-2)11-8-9-17-35(7-3)23(4)32(37)34-40(38)28-13-15-31(39-22-26)30(36)20-28;1-2/h8-9,12-15,19-20,23-24,26H,5-7,10-11,16-18,21-22H2,1-4H3,(H,34,37);2H,1H3/b9-8+;/t23-,24?,26?,40?;/m1./s1. The number of allylic oxidation sites excluding steroid dienone is 1. The SMILES string of the molecule is CCCc1cc(Cl)ccc1C1COc2ccc3cc2N(CCC(CC)C/C=C/CN(CC)[C@H](C)C(=O)NS3=O)C1.CO. The van der Waals surface area contributed by atoms with Gasteiger partial charge in [0.2, 0.25) is 5.91 Å². The molecule has 7 nitrogen and oxygen atoms in total. The van der Waals surface area contributed by atoms with Crippen LogP contribution in [0.25, 0.3) is 0 Å². The number of aryl methyl sites for hydroxylation is 1. The highest BCUT2D eigenvalue weighted by Gasteiger charge is 2.28. The summed E-state index contributed by atoms with van der Waals surface area (Å²) in [6.07, 6.45) is 9.61. The molecule has 4 rings (SSSR count). The first-order chi connectivity index (χ1) is 20.3. The van der Waals surface area contributed by atoms with E-state index >= 15 is 0 Å². The van der Waals surface area contributed by atoms with Gasteiger partial charge in [-0.3, -0.25) is 14.4 Å². The Morgan fingerprint density at radius 1 is 1.12 bits per heavy atom. The first-order valence-corrected chi connectivity index (χ1v) is 16.7. The Morgan fingerprint density at radius 3 is 2.62 bits per heavy atom. The number of amides is 1. The van der Waals surface area contributed by atoms with Crippen molar-refractivity contribution in [3.05, 3.63) is 64.7 Å². The van der Waals surface area contributed by atoms with Gasteiger partial charge in [-0.15, -0.1) is 0 Å². The molecule has 0 saturated heterocycles. The van der Waals surface area contributed by atoms with Crippen LogP contribution in [0.5, 0.6) is 5.75 Å². The van der Waals surface area contributed by atoms with E-state index in [2.05, 4.69) is 52.7 Å². The summed E-state index contributed by atoms with van der Waals surface area (Å²) in [7, 11) is -0.670. The lowest BCUT2D eigenvalue weighted by atomic mass is 9.91. The van der Waals surface area contributed by atoms with Crippen molar-refractivity contribution in [3.63, 3.8) is 0 Å². The second-order valence-electron chi connectivity index (χ2n) is 10.9. The van der Waals surface area contributed by atoms with Crippen LogP contribution in [0.2, 0.25) is 5.02 Å². The molecular formula is C33H48ClN3O4S. The predicted octanol–water partition coefficient (Wildman–Crippen LogP) is 6.11. The monoisotopic (exact) mass is 617 g/mol. The molecule has 232 valence electrons. The second-order valence-corrected chi connectivity index (χ2v) is 12.6. The highest BCUT2D eigenvalue weighted by Crippen LogP contribution is 2.38. The van der Waals surface area contributed by atoms with Crippen LogP contribution in [0, 0.1) is 5.92 Å². The minimum Gasteiger partial charge on any atom is -0.491 e. The molecule has 0 radical (unpaired) electrons. The number of aliphatic hydroxyl groups is 1. The molecule has 0 aliphatic carbocycles. The van der Waals surface area contributed by atoms with Crippen molar-refractivity contribution in [3.8, 4) is 5.75 Å². The molecule has 42 heavy (non-hydrogen) atoms. The molecule has 2 aromatic carbocycles. The summed E-state index contributed by atoms with van der Waals surface area (Å²) in [4.78, 5) is 18.1. The van der Waals surface area contributed by atoms with E-state index in [4.69, 9.17) is 21.4 Å². The number of fused-ring (bicyclic) bond motifs is 1. The van der Waals surface area contributed by atoms with Crippen molar-refractivity contribution in [2.24, 2.45) is 5.92 Å². The maximum Gasteiger partial charge on any atom is 0.248 e. The number of halogens is 1. The maximum atomic E-state index is 13.3. The minimum absolute atomic E-state index is 0.173. The summed E-state index contributed by atoms with van der Waals surface area (Å²) in [5, 5.41) is 7.76. The number of carbonyl (C=O) groups is 1. The summed E-state index contributed by atoms with van der Waals surface area (Å²) >= 11 is 6.38. The molecule has 1 amide bonds. The van der Waals surface area contributed by atoms with Gasteiger partial charge in [0.25, 0.3) is 0 Å². The van der Waals surface area contributed by atoms with Crippen LogP contribution in [0.1, 0.15) is 70.4 Å². The third-order valence-electron chi connectivity index (χ3n) is 8.32. The summed E-state index contributed by atoms with van der Waals surface area (Å²) < 4.78 is 22.5. The first-order valence-electron chi connectivity index (χ1n) is 15.2. The fourth-order valence-electron chi connectivity index (χ4n) is 5.74. The largest absolute Gasteiger partial charge is 0.491 e. The van der Waals surface area contributed by atoms with Gasteiger partial charge < -0.3 is 14.7 Å². The molecule has 2 aliphatic rings. The number of aliphatic hydroxyl groups excluding tert-OH is 1. The van der Waals surface area contributed by atoms with Crippen LogP contribution in [0.15, 0.2) is 53.4 Å². The number of carbonyl (C=O) groups excluding carboxylic acids is 1. The number of anilines is 1. The van der Waals surface area contributed by atoms with Crippen molar-refractivity contribution >= 4 is 34.2 Å². The Hall–Kier alpha value is -2.39. The molecule has 2 aliphatic heterocycles. The highest BCUT2D eigenvalue weighted by atomic mass is 35.5. The summed E-state index contributed by atoms with van der Waals surface area (Å²) in [6.45, 7) is 12.0. The van der Waals surface area contributed by atoms with Gasteiger partial charge in [-0.25, -0.2) is 4.21 Å². The van der Waals surface area contributed by atoms with Gasteiger partial charge >= 0.3 is 0 Å². The molecule has 0 spiro atoms. The molecule has 2 N–H and O–H groups in total. The molecule has 2 heterocycles. The van der Waals surface area contributed by atoms with Gasteiger partial charge in [-0.05, 0) is 80.1 Å². The van der Waals surface area contributed by atoms with Crippen molar-refractivity contribution in [1.29, 1.82) is 0 Å². The fraction of sp³-hybridized carbons (Fsp3) is 0.545. The quantitative estimate of drug-likeness (QED) is 0.394. The van der Waals surface area contributed by atoms with Crippen molar-refractivity contribution in [2.75, 3.05) is 44.8 Å². The number of hydrogen-bond donors (Lipinski definition) is 2. The van der Waals surface area contributed by atoms with E-state index in [0.717, 1.165) is 75.3 Å². The first kappa shape index (κ1) is 34.1. The number of ether oxygens (including phenoxy) is 1. The molecule has 0 fully saturated rings. The van der Waals surface area contributed by atoms with E-state index < -0.39 is 11.0 Å². The fourth-order valence-corrected chi connectivity index (χ4v) is 6.81. The highest BCUT2D eigenvalue weighted by molar-refractivity contribution is 7.83. The normalized spacial score (nSPS) is 24.5. The molecule has 2 bridgehead atoms. The number of nitrogens with zero attached hydrogens (tertiary/aromatic N) is 2. The number of likely N-dealkylation sites (N-methyl/N-ethyl adjacent to an activating group) is 1. The Balaban J connectivity index is 0.00000237. The Labute approximate surface area is 259 Å². The number of nitrogens with one attached hydrogen (secondary N) is 1. The van der Waals surface area contributed by atoms with Crippen LogP contribution >= 0.6 is 11.6 Å². The van der Waals surface area contributed by atoms with Crippen LogP contribution in [0.4, 0.5) is 5.69 Å². The average Bonchev–Trinajstić information content (AvgIpc) is 3.18. The summed E-state index contributed by atoms with van der Waals surface area (Å²) in [6, 6.07) is 11.5. The van der Waals surface area contributed by atoms with Gasteiger partial charge in [0.15, 0.2) is 11.0 Å². The molecule has 2 aromatic rings. The third-order valence-corrected chi connectivity index (χ3v) is 9.62. The van der Waals surface area contributed by atoms with Gasteiger partial charge in [-0.2, -0.15) is 0 Å². The molecule has 0 saturated carbocycles. The van der Waals surface area contributed by atoms with Crippen molar-refractivity contribution in [2.45, 2.75) is 76.7 Å². The Bertz CT molecular complexity index is 1220. The van der Waals surface area contributed by atoms with Gasteiger partial charge in [-0.1, -0.05) is 63.4 Å². The summed E-state index contributed by atoms with van der Waals surface area (Å²) in [5.41, 5.74) is 3.50. The Kier molecular flexibility index (Phi) is 13.8. The maximum absolute atomic E-state index is 13.3. The number of hydrogen-bond acceptors (Lipinski definition) is 6. The minimum atomic E-state index is -1.67. The van der Waals surface area contributed by atoms with E-state index in [0.29, 0.717) is 24.0 Å². The van der Waals surface area contributed by atoms with E-state index in [1.54, 1.807) is 0 Å². The summed E-state index contributed by atoms with van der Waals surface area (Å²) in [5.74, 6) is 1.28. The van der Waals surface area contributed by atoms with Gasteiger partial charge in [0.1, 0.15) is 5.75 Å². The number of rotatable bonds is 5. The van der Waals surface area contributed by atoms with Crippen LogP contribution in [0.3, 0.4) is 0 Å².